The van der Waals surface area contributed by atoms with Crippen LogP contribution in [-0.4, -0.2) is 63.2 Å². The maximum Gasteiger partial charge on any atom is 0.158 e. The molecule has 1 aromatic rings. The van der Waals surface area contributed by atoms with E-state index in [2.05, 4.69) is 25.2 Å². The van der Waals surface area contributed by atoms with Crippen LogP contribution in [-0.2, 0) is 6.54 Å². The Balaban J connectivity index is 1.79. The maximum atomic E-state index is 9.83. The van der Waals surface area contributed by atoms with E-state index in [-0.39, 0.29) is 0 Å². The summed E-state index contributed by atoms with van der Waals surface area (Å²) in [6.45, 7) is 9.12. The average Bonchev–Trinajstić information content (AvgIpc) is 2.40. The fourth-order valence-electron chi connectivity index (χ4n) is 2.39. The predicted molar refractivity (Wildman–Crippen MR) is 77.9 cm³/mol. The highest BCUT2D eigenvalue weighted by atomic mass is 16.3. The molecular formula is C13H24N6O. The van der Waals surface area contributed by atoms with Gasteiger partial charge in [-0.1, -0.05) is 0 Å². The third-order valence-electron chi connectivity index (χ3n) is 3.31. The van der Waals surface area contributed by atoms with Crippen LogP contribution in [0.1, 0.15) is 19.5 Å². The molecule has 7 heteroatoms. The van der Waals surface area contributed by atoms with Gasteiger partial charge in [-0.05, 0) is 13.8 Å². The first kappa shape index (κ1) is 15.1. The highest BCUT2D eigenvalue weighted by molar-refractivity contribution is 5.28. The summed E-state index contributed by atoms with van der Waals surface area (Å²) in [5, 5.41) is 9.83. The number of rotatable bonds is 5. The SMILES string of the molecule is CC(C)(O)CN1CCN(Cc2cnc(NN)cn2)CC1. The lowest BCUT2D eigenvalue weighted by atomic mass is 10.1. The fraction of sp³-hybridized carbons (Fsp3) is 0.692. The van der Waals surface area contributed by atoms with E-state index >= 15 is 0 Å². The third-order valence-corrected chi connectivity index (χ3v) is 3.31. The van der Waals surface area contributed by atoms with Gasteiger partial charge in [0.15, 0.2) is 5.82 Å². The minimum absolute atomic E-state index is 0.573. The Morgan fingerprint density at radius 1 is 1.20 bits per heavy atom. The smallest absolute Gasteiger partial charge is 0.158 e. The van der Waals surface area contributed by atoms with Crippen molar-refractivity contribution in [2.24, 2.45) is 5.84 Å². The Bertz CT molecular complexity index is 408. The molecule has 2 heterocycles. The van der Waals surface area contributed by atoms with Crippen LogP contribution in [0.5, 0.6) is 0 Å². The van der Waals surface area contributed by atoms with E-state index < -0.39 is 5.60 Å². The Hall–Kier alpha value is -1.28. The third kappa shape index (κ3) is 4.68. The number of hydrogen-bond donors (Lipinski definition) is 3. The highest BCUT2D eigenvalue weighted by Crippen LogP contribution is 2.10. The zero-order valence-electron chi connectivity index (χ0n) is 12.2. The highest BCUT2D eigenvalue weighted by Gasteiger charge is 2.22. The summed E-state index contributed by atoms with van der Waals surface area (Å²) in [4.78, 5) is 13.1. The number of hydrogen-bond acceptors (Lipinski definition) is 7. The van der Waals surface area contributed by atoms with Crippen molar-refractivity contribution in [2.75, 3.05) is 38.1 Å². The molecule has 1 aliphatic rings. The normalized spacial score (nSPS) is 18.2. The first-order valence-corrected chi connectivity index (χ1v) is 6.91. The number of nitrogens with one attached hydrogen (secondary N) is 1. The molecule has 0 aromatic carbocycles. The fourth-order valence-corrected chi connectivity index (χ4v) is 2.39. The molecule has 1 aliphatic heterocycles. The second-order valence-corrected chi connectivity index (χ2v) is 5.90. The van der Waals surface area contributed by atoms with Crippen molar-refractivity contribution in [3.05, 3.63) is 18.1 Å². The van der Waals surface area contributed by atoms with E-state index in [1.165, 1.54) is 0 Å². The van der Waals surface area contributed by atoms with Gasteiger partial charge in [0.2, 0.25) is 0 Å². The molecular weight excluding hydrogens is 256 g/mol. The molecule has 1 saturated heterocycles. The molecule has 7 nitrogen and oxygen atoms in total. The number of nitrogens with zero attached hydrogens (tertiary/aromatic N) is 4. The number of nitrogen functional groups attached to an aromatic ring is 1. The molecule has 0 bridgehead atoms. The summed E-state index contributed by atoms with van der Waals surface area (Å²) in [6.07, 6.45) is 3.39. The van der Waals surface area contributed by atoms with Crippen LogP contribution < -0.4 is 11.3 Å². The number of aromatic nitrogens is 2. The zero-order chi connectivity index (χ0) is 14.6. The Labute approximate surface area is 119 Å². The largest absolute Gasteiger partial charge is 0.389 e. The number of β-amino-alcohol motifs (C(OH)–C–C–N with tert-alkyl or cyclic N) is 1. The Morgan fingerprint density at radius 2 is 1.85 bits per heavy atom. The van der Waals surface area contributed by atoms with Crippen molar-refractivity contribution >= 4 is 5.82 Å². The average molecular weight is 280 g/mol. The van der Waals surface area contributed by atoms with Gasteiger partial charge in [0.1, 0.15) is 0 Å². The molecule has 0 spiro atoms. The monoisotopic (exact) mass is 280 g/mol. The van der Waals surface area contributed by atoms with Crippen LogP contribution in [0.2, 0.25) is 0 Å². The van der Waals surface area contributed by atoms with Crippen LogP contribution in [0, 0.1) is 0 Å². The Kier molecular flexibility index (Phi) is 4.87. The number of hydrazine groups is 1. The second-order valence-electron chi connectivity index (χ2n) is 5.90. The summed E-state index contributed by atoms with van der Waals surface area (Å²) < 4.78 is 0. The quantitative estimate of drug-likeness (QED) is 0.501. The summed E-state index contributed by atoms with van der Waals surface area (Å²) in [6, 6.07) is 0. The summed E-state index contributed by atoms with van der Waals surface area (Å²) >= 11 is 0. The van der Waals surface area contributed by atoms with Crippen molar-refractivity contribution in [3.8, 4) is 0 Å². The van der Waals surface area contributed by atoms with E-state index in [1.807, 2.05) is 13.8 Å². The number of aliphatic hydroxyl groups is 1. The Morgan fingerprint density at radius 3 is 2.35 bits per heavy atom. The van der Waals surface area contributed by atoms with Gasteiger partial charge in [-0.25, -0.2) is 10.8 Å². The summed E-state index contributed by atoms with van der Waals surface area (Å²) in [5.74, 6) is 5.83. The van der Waals surface area contributed by atoms with Crippen LogP contribution >= 0.6 is 0 Å². The van der Waals surface area contributed by atoms with Crippen molar-refractivity contribution in [3.63, 3.8) is 0 Å². The van der Waals surface area contributed by atoms with Crippen LogP contribution in [0.4, 0.5) is 5.82 Å². The minimum atomic E-state index is -0.626. The van der Waals surface area contributed by atoms with Gasteiger partial charge >= 0.3 is 0 Å². The van der Waals surface area contributed by atoms with Crippen molar-refractivity contribution in [1.82, 2.24) is 19.8 Å². The molecule has 1 fully saturated rings. The van der Waals surface area contributed by atoms with Gasteiger partial charge in [0, 0.05) is 39.3 Å². The van der Waals surface area contributed by atoms with E-state index in [1.54, 1.807) is 12.4 Å². The molecule has 4 N–H and O–H groups in total. The molecule has 20 heavy (non-hydrogen) atoms. The lowest BCUT2D eigenvalue weighted by Crippen LogP contribution is -2.50. The summed E-state index contributed by atoms with van der Waals surface area (Å²) in [7, 11) is 0. The van der Waals surface area contributed by atoms with Crippen molar-refractivity contribution in [2.45, 2.75) is 26.0 Å². The van der Waals surface area contributed by atoms with Gasteiger partial charge in [-0.2, -0.15) is 0 Å². The van der Waals surface area contributed by atoms with E-state index in [0.717, 1.165) is 45.0 Å². The van der Waals surface area contributed by atoms with Crippen molar-refractivity contribution < 1.29 is 5.11 Å². The van der Waals surface area contributed by atoms with E-state index in [4.69, 9.17) is 5.84 Å². The molecule has 2 rings (SSSR count). The van der Waals surface area contributed by atoms with Gasteiger partial charge < -0.3 is 10.5 Å². The number of piperazine rings is 1. The first-order chi connectivity index (χ1) is 9.46. The van der Waals surface area contributed by atoms with Gasteiger partial charge in [0.25, 0.3) is 0 Å². The van der Waals surface area contributed by atoms with Crippen molar-refractivity contribution in [1.29, 1.82) is 0 Å². The first-order valence-electron chi connectivity index (χ1n) is 6.91. The minimum Gasteiger partial charge on any atom is -0.389 e. The molecule has 0 atom stereocenters. The summed E-state index contributed by atoms with van der Waals surface area (Å²) in [5.41, 5.74) is 2.79. The molecule has 1 aromatic heterocycles. The van der Waals surface area contributed by atoms with Gasteiger partial charge in [-0.15, -0.1) is 0 Å². The maximum absolute atomic E-state index is 9.83. The lowest BCUT2D eigenvalue weighted by molar-refractivity contribution is 0.0165. The topological polar surface area (TPSA) is 90.5 Å². The van der Waals surface area contributed by atoms with Crippen LogP contribution in [0.25, 0.3) is 0 Å². The van der Waals surface area contributed by atoms with Crippen LogP contribution in [0.3, 0.4) is 0 Å². The predicted octanol–water partition coefficient (Wildman–Crippen LogP) is -0.349. The molecule has 0 radical (unpaired) electrons. The molecule has 0 unspecified atom stereocenters. The molecule has 112 valence electrons. The van der Waals surface area contributed by atoms with Crippen LogP contribution in [0.15, 0.2) is 12.4 Å². The van der Waals surface area contributed by atoms with Gasteiger partial charge in [0.05, 0.1) is 23.7 Å². The molecule has 0 amide bonds. The second kappa shape index (κ2) is 6.45. The molecule has 0 saturated carbocycles. The standard InChI is InChI=1S/C13H24N6O/c1-13(2,20)10-19-5-3-18(4-6-19)9-11-7-16-12(17-14)8-15-11/h7-8,20H,3-6,9-10,14H2,1-2H3,(H,16,17). The zero-order valence-corrected chi connectivity index (χ0v) is 12.2. The lowest BCUT2D eigenvalue weighted by Gasteiger charge is -2.37. The van der Waals surface area contributed by atoms with E-state index in [9.17, 15) is 5.11 Å². The molecule has 0 aliphatic carbocycles. The van der Waals surface area contributed by atoms with Gasteiger partial charge in [-0.3, -0.25) is 14.8 Å². The number of nitrogens with two attached hydrogens (primary N) is 1. The number of anilines is 1. The van der Waals surface area contributed by atoms with E-state index in [0.29, 0.717) is 5.82 Å².